The Bertz CT molecular complexity index is 758. The summed E-state index contributed by atoms with van der Waals surface area (Å²) < 4.78 is 37.9. The maximum atomic E-state index is 12.6. The normalized spacial score (nSPS) is 22.7. The summed E-state index contributed by atoms with van der Waals surface area (Å²) in [5.74, 6) is -1.56. The number of nitrogens with zero attached hydrogens (tertiary/aromatic N) is 1. The van der Waals surface area contributed by atoms with E-state index in [1.54, 1.807) is 0 Å². The summed E-state index contributed by atoms with van der Waals surface area (Å²) in [7, 11) is 0. The average molecular weight is 403 g/mol. The summed E-state index contributed by atoms with van der Waals surface area (Å²) in [5.41, 5.74) is -0.872. The lowest BCUT2D eigenvalue weighted by molar-refractivity contribution is -0.140. The first-order valence-corrected chi connectivity index (χ1v) is 9.08. The number of benzene rings is 1. The standard InChI is InChI=1S/C18H18ClF3N2O3/c19-13-9-10(18(20,21)22)5-6-14(13)23-15(25)7-8-24-16(26)11-3-1-2-4-12(11)17(24)27/h5-6,9,11-12H,1-4,7-8H2,(H,23,25)/t11-,12+. The van der Waals surface area contributed by atoms with E-state index in [9.17, 15) is 27.6 Å². The van der Waals surface area contributed by atoms with E-state index in [0.717, 1.165) is 35.9 Å². The van der Waals surface area contributed by atoms with Crippen LogP contribution in [0.5, 0.6) is 0 Å². The molecule has 2 atom stereocenters. The van der Waals surface area contributed by atoms with Gasteiger partial charge in [0.2, 0.25) is 17.7 Å². The van der Waals surface area contributed by atoms with Gasteiger partial charge in [0.15, 0.2) is 0 Å². The molecule has 27 heavy (non-hydrogen) atoms. The number of fused-ring (bicyclic) bond motifs is 1. The smallest absolute Gasteiger partial charge is 0.325 e. The highest BCUT2D eigenvalue weighted by Gasteiger charge is 2.47. The third kappa shape index (κ3) is 4.10. The van der Waals surface area contributed by atoms with Crippen LogP contribution in [0.15, 0.2) is 18.2 Å². The quantitative estimate of drug-likeness (QED) is 0.778. The summed E-state index contributed by atoms with van der Waals surface area (Å²) in [6, 6.07) is 2.62. The summed E-state index contributed by atoms with van der Waals surface area (Å²) in [6.45, 7) is -0.0469. The Kier molecular flexibility index (Phi) is 5.46. The molecular weight excluding hydrogens is 385 g/mol. The molecule has 2 aliphatic rings. The lowest BCUT2D eigenvalue weighted by Gasteiger charge is -2.19. The molecule has 3 amide bonds. The summed E-state index contributed by atoms with van der Waals surface area (Å²) in [5, 5.41) is 2.18. The first-order chi connectivity index (χ1) is 12.7. The van der Waals surface area contributed by atoms with Crippen molar-refractivity contribution in [1.29, 1.82) is 0 Å². The van der Waals surface area contributed by atoms with Crippen molar-refractivity contribution in [3.05, 3.63) is 28.8 Å². The van der Waals surface area contributed by atoms with Crippen LogP contribution in [0.1, 0.15) is 37.7 Å². The second kappa shape index (κ2) is 7.50. The molecule has 1 aromatic carbocycles. The molecule has 1 aliphatic heterocycles. The first-order valence-electron chi connectivity index (χ1n) is 8.70. The number of imide groups is 1. The number of alkyl halides is 3. The van der Waals surface area contributed by atoms with Gasteiger partial charge in [-0.1, -0.05) is 24.4 Å². The zero-order valence-corrected chi connectivity index (χ0v) is 15.1. The SMILES string of the molecule is O=C(CCN1C(=O)[C@H]2CCCC[C@H]2C1=O)Nc1ccc(C(F)(F)F)cc1Cl. The Morgan fingerprint density at radius 1 is 1.15 bits per heavy atom. The van der Waals surface area contributed by atoms with Crippen LogP contribution in [0.4, 0.5) is 18.9 Å². The van der Waals surface area contributed by atoms with Gasteiger partial charge in [-0.3, -0.25) is 19.3 Å². The highest BCUT2D eigenvalue weighted by molar-refractivity contribution is 6.33. The fourth-order valence-electron chi connectivity index (χ4n) is 3.67. The summed E-state index contributed by atoms with van der Waals surface area (Å²) in [6.07, 6.45) is -1.45. The van der Waals surface area contributed by atoms with Gasteiger partial charge in [0.25, 0.3) is 0 Å². The molecule has 5 nitrogen and oxygen atoms in total. The van der Waals surface area contributed by atoms with Gasteiger partial charge in [0, 0.05) is 13.0 Å². The van der Waals surface area contributed by atoms with Crippen molar-refractivity contribution >= 4 is 35.0 Å². The fraction of sp³-hybridized carbons (Fsp3) is 0.500. The van der Waals surface area contributed by atoms with E-state index < -0.39 is 17.6 Å². The van der Waals surface area contributed by atoms with Crippen LogP contribution in [-0.2, 0) is 20.6 Å². The zero-order chi connectivity index (χ0) is 19.8. The van der Waals surface area contributed by atoms with Crippen LogP contribution < -0.4 is 5.32 Å². The van der Waals surface area contributed by atoms with Gasteiger partial charge in [-0.25, -0.2) is 0 Å². The number of carbonyl (C=O) groups is 3. The first kappa shape index (κ1) is 19.7. The Labute approximate surface area is 158 Å². The minimum atomic E-state index is -4.53. The lowest BCUT2D eigenvalue weighted by Crippen LogP contribution is -2.34. The molecule has 1 heterocycles. The minimum absolute atomic E-state index is 0.0439. The van der Waals surface area contributed by atoms with Gasteiger partial charge in [-0.2, -0.15) is 13.2 Å². The van der Waals surface area contributed by atoms with E-state index in [4.69, 9.17) is 11.6 Å². The molecule has 1 saturated heterocycles. The highest BCUT2D eigenvalue weighted by Crippen LogP contribution is 2.38. The largest absolute Gasteiger partial charge is 0.416 e. The van der Waals surface area contributed by atoms with Crippen LogP contribution >= 0.6 is 11.6 Å². The zero-order valence-electron chi connectivity index (χ0n) is 14.3. The van der Waals surface area contributed by atoms with E-state index in [1.165, 1.54) is 0 Å². The van der Waals surface area contributed by atoms with E-state index in [-0.39, 0.29) is 47.3 Å². The van der Waals surface area contributed by atoms with E-state index in [1.807, 2.05) is 0 Å². The number of anilines is 1. The molecule has 0 radical (unpaired) electrons. The van der Waals surface area contributed by atoms with Gasteiger partial charge in [-0.05, 0) is 31.0 Å². The van der Waals surface area contributed by atoms with E-state index in [2.05, 4.69) is 5.32 Å². The maximum Gasteiger partial charge on any atom is 0.416 e. The molecule has 1 aliphatic carbocycles. The molecule has 1 saturated carbocycles. The second-order valence-corrected chi connectivity index (χ2v) is 7.22. The van der Waals surface area contributed by atoms with Crippen LogP contribution in [0, 0.1) is 11.8 Å². The number of rotatable bonds is 4. The molecule has 1 N–H and O–H groups in total. The molecule has 9 heteroatoms. The van der Waals surface area contributed by atoms with Crippen molar-refractivity contribution in [1.82, 2.24) is 4.90 Å². The van der Waals surface area contributed by atoms with Crippen LogP contribution in [-0.4, -0.2) is 29.2 Å². The van der Waals surface area contributed by atoms with Gasteiger partial charge in [0.05, 0.1) is 28.1 Å². The molecule has 0 bridgehead atoms. The van der Waals surface area contributed by atoms with Crippen LogP contribution in [0.3, 0.4) is 0 Å². The number of carbonyl (C=O) groups excluding carboxylic acids is 3. The number of nitrogens with one attached hydrogen (secondary N) is 1. The third-order valence-electron chi connectivity index (χ3n) is 5.07. The van der Waals surface area contributed by atoms with E-state index in [0.29, 0.717) is 12.8 Å². The molecule has 0 spiro atoms. The Hall–Kier alpha value is -2.09. The van der Waals surface area contributed by atoms with Gasteiger partial charge in [-0.15, -0.1) is 0 Å². The summed E-state index contributed by atoms with van der Waals surface area (Å²) >= 11 is 5.80. The topological polar surface area (TPSA) is 66.5 Å². The van der Waals surface area contributed by atoms with Crippen molar-refractivity contribution in [2.75, 3.05) is 11.9 Å². The molecule has 2 fully saturated rings. The van der Waals surface area contributed by atoms with Gasteiger partial charge < -0.3 is 5.32 Å². The maximum absolute atomic E-state index is 12.6. The second-order valence-electron chi connectivity index (χ2n) is 6.82. The van der Waals surface area contributed by atoms with Crippen molar-refractivity contribution in [2.24, 2.45) is 11.8 Å². The van der Waals surface area contributed by atoms with E-state index >= 15 is 0 Å². The van der Waals surface area contributed by atoms with Gasteiger partial charge >= 0.3 is 6.18 Å². The van der Waals surface area contributed by atoms with Crippen molar-refractivity contribution < 1.29 is 27.6 Å². The number of hydrogen-bond acceptors (Lipinski definition) is 3. The Morgan fingerprint density at radius 3 is 2.26 bits per heavy atom. The van der Waals surface area contributed by atoms with Crippen molar-refractivity contribution in [2.45, 2.75) is 38.3 Å². The molecule has 1 aromatic rings. The highest BCUT2D eigenvalue weighted by atomic mass is 35.5. The van der Waals surface area contributed by atoms with Gasteiger partial charge in [0.1, 0.15) is 0 Å². The molecule has 146 valence electrons. The summed E-state index contributed by atoms with van der Waals surface area (Å²) in [4.78, 5) is 37.9. The Balaban J connectivity index is 1.59. The van der Waals surface area contributed by atoms with Crippen LogP contribution in [0.2, 0.25) is 5.02 Å². The molecule has 0 unspecified atom stereocenters. The third-order valence-corrected chi connectivity index (χ3v) is 5.38. The number of likely N-dealkylation sites (tertiary alicyclic amines) is 1. The predicted molar refractivity (Wildman–Crippen MR) is 91.9 cm³/mol. The van der Waals surface area contributed by atoms with Crippen molar-refractivity contribution in [3.63, 3.8) is 0 Å². The van der Waals surface area contributed by atoms with Crippen LogP contribution in [0.25, 0.3) is 0 Å². The Morgan fingerprint density at radius 2 is 1.74 bits per heavy atom. The molecule has 0 aromatic heterocycles. The fourth-order valence-corrected chi connectivity index (χ4v) is 3.90. The van der Waals surface area contributed by atoms with Crippen molar-refractivity contribution in [3.8, 4) is 0 Å². The predicted octanol–water partition coefficient (Wildman–Crippen LogP) is 3.86. The average Bonchev–Trinajstić information content (AvgIpc) is 2.85. The number of hydrogen-bond donors (Lipinski definition) is 1. The molecule has 3 rings (SSSR count). The number of halogens is 4. The number of amides is 3. The monoisotopic (exact) mass is 402 g/mol. The molecular formula is C18H18ClF3N2O3. The lowest BCUT2D eigenvalue weighted by atomic mass is 9.81. The minimum Gasteiger partial charge on any atom is -0.325 e.